The average molecular weight is 302 g/mol. The third-order valence-electron chi connectivity index (χ3n) is 3.84. The number of hydrogen-bond acceptors (Lipinski definition) is 2. The average Bonchev–Trinajstić information content (AvgIpc) is 2.46. The molecule has 0 spiro atoms. The molecule has 21 heavy (non-hydrogen) atoms. The minimum absolute atomic E-state index is 0.190. The van der Waals surface area contributed by atoms with Crippen molar-refractivity contribution in [3.05, 3.63) is 29.6 Å². The van der Waals surface area contributed by atoms with Gasteiger partial charge in [-0.3, -0.25) is 4.98 Å². The maximum atomic E-state index is 13.2. The number of aromatic nitrogens is 1. The van der Waals surface area contributed by atoms with Gasteiger partial charge in [-0.1, -0.05) is 40.0 Å². The summed E-state index contributed by atoms with van der Waals surface area (Å²) in [5.74, 6) is 0.190. The largest absolute Gasteiger partial charge is 0.416 e. The zero-order chi connectivity index (χ0) is 15.9. The Bertz CT molecular complexity index is 418. The van der Waals surface area contributed by atoms with E-state index in [0.29, 0.717) is 6.54 Å². The molecular formula is C16H25F3N2. The van der Waals surface area contributed by atoms with E-state index >= 15 is 0 Å². The Labute approximate surface area is 125 Å². The first-order valence-electron chi connectivity index (χ1n) is 7.70. The number of unbranched alkanes of at least 4 members (excludes halogenated alkanes) is 1. The number of alkyl halides is 3. The molecule has 1 N–H and O–H groups in total. The maximum Gasteiger partial charge on any atom is 0.416 e. The first-order chi connectivity index (χ1) is 9.95. The molecule has 0 saturated heterocycles. The van der Waals surface area contributed by atoms with Crippen LogP contribution in [0.15, 0.2) is 18.5 Å². The van der Waals surface area contributed by atoms with Crippen LogP contribution in [-0.2, 0) is 6.18 Å². The van der Waals surface area contributed by atoms with E-state index in [1.165, 1.54) is 12.4 Å². The molecule has 0 fully saturated rings. The molecule has 2 atom stereocenters. The normalized spacial score (nSPS) is 15.0. The lowest BCUT2D eigenvalue weighted by atomic mass is 9.85. The molecule has 1 aromatic rings. The summed E-state index contributed by atoms with van der Waals surface area (Å²) in [7, 11) is 0. The minimum atomic E-state index is -4.34. The molecule has 2 unspecified atom stereocenters. The highest BCUT2D eigenvalue weighted by Crippen LogP contribution is 2.38. The van der Waals surface area contributed by atoms with Crippen LogP contribution >= 0.6 is 0 Å². The van der Waals surface area contributed by atoms with Crippen molar-refractivity contribution in [2.75, 3.05) is 6.54 Å². The van der Waals surface area contributed by atoms with E-state index in [4.69, 9.17) is 0 Å². The van der Waals surface area contributed by atoms with Gasteiger partial charge in [0.1, 0.15) is 0 Å². The molecular weight excluding hydrogens is 277 g/mol. The Morgan fingerprint density at radius 2 is 1.95 bits per heavy atom. The van der Waals surface area contributed by atoms with Crippen LogP contribution in [0, 0.1) is 5.92 Å². The Morgan fingerprint density at radius 1 is 1.24 bits per heavy atom. The van der Waals surface area contributed by atoms with Gasteiger partial charge in [0.25, 0.3) is 0 Å². The molecule has 2 nitrogen and oxygen atoms in total. The summed E-state index contributed by atoms with van der Waals surface area (Å²) in [4.78, 5) is 3.92. The van der Waals surface area contributed by atoms with Crippen molar-refractivity contribution in [1.29, 1.82) is 0 Å². The van der Waals surface area contributed by atoms with Gasteiger partial charge < -0.3 is 5.32 Å². The van der Waals surface area contributed by atoms with E-state index in [-0.39, 0.29) is 17.5 Å². The molecule has 0 saturated carbocycles. The quantitative estimate of drug-likeness (QED) is 0.733. The lowest BCUT2D eigenvalue weighted by Gasteiger charge is -2.29. The van der Waals surface area contributed by atoms with Gasteiger partial charge in [-0.15, -0.1) is 0 Å². The molecule has 1 rings (SSSR count). The Hall–Kier alpha value is -1.10. The number of halogens is 3. The van der Waals surface area contributed by atoms with Gasteiger partial charge in [0.05, 0.1) is 5.56 Å². The van der Waals surface area contributed by atoms with Crippen LogP contribution in [-0.4, -0.2) is 11.5 Å². The molecule has 0 bridgehead atoms. The van der Waals surface area contributed by atoms with Crippen LogP contribution in [0.5, 0.6) is 0 Å². The van der Waals surface area contributed by atoms with Gasteiger partial charge in [0, 0.05) is 18.4 Å². The SMILES string of the molecule is CCCCC(CC)C(NCC)c1cnccc1C(F)(F)F. The fraction of sp³-hybridized carbons (Fsp3) is 0.688. The summed E-state index contributed by atoms with van der Waals surface area (Å²) in [6, 6.07) is 0.781. The predicted octanol–water partition coefficient (Wildman–Crippen LogP) is 4.97. The van der Waals surface area contributed by atoms with E-state index in [1.54, 1.807) is 0 Å². The molecule has 0 aliphatic heterocycles. The van der Waals surface area contributed by atoms with Crippen molar-refractivity contribution < 1.29 is 13.2 Å². The fourth-order valence-electron chi connectivity index (χ4n) is 2.74. The molecule has 0 aliphatic rings. The fourth-order valence-corrected chi connectivity index (χ4v) is 2.74. The molecule has 1 aromatic heterocycles. The summed E-state index contributed by atoms with van der Waals surface area (Å²) >= 11 is 0. The molecule has 5 heteroatoms. The second-order valence-electron chi connectivity index (χ2n) is 5.31. The number of nitrogens with zero attached hydrogens (tertiary/aromatic N) is 1. The zero-order valence-corrected chi connectivity index (χ0v) is 13.0. The highest BCUT2D eigenvalue weighted by molar-refractivity contribution is 5.30. The van der Waals surface area contributed by atoms with E-state index in [0.717, 1.165) is 31.7 Å². The number of hydrogen-bond donors (Lipinski definition) is 1. The number of rotatable bonds is 8. The second kappa shape index (κ2) is 8.37. The highest BCUT2D eigenvalue weighted by atomic mass is 19.4. The van der Waals surface area contributed by atoms with E-state index in [9.17, 15) is 13.2 Å². The van der Waals surface area contributed by atoms with Gasteiger partial charge >= 0.3 is 6.18 Å². The van der Waals surface area contributed by atoms with Crippen LogP contribution in [0.2, 0.25) is 0 Å². The smallest absolute Gasteiger partial charge is 0.310 e. The number of pyridine rings is 1. The molecule has 0 aromatic carbocycles. The third-order valence-corrected chi connectivity index (χ3v) is 3.84. The van der Waals surface area contributed by atoms with Crippen LogP contribution in [0.4, 0.5) is 13.2 Å². The molecule has 0 radical (unpaired) electrons. The molecule has 1 heterocycles. The van der Waals surface area contributed by atoms with Crippen LogP contribution in [0.25, 0.3) is 0 Å². The Balaban J connectivity index is 3.15. The molecule has 0 amide bonds. The van der Waals surface area contributed by atoms with Crippen LogP contribution in [0.1, 0.15) is 63.6 Å². The summed E-state index contributed by atoms with van der Waals surface area (Å²) in [5.41, 5.74) is -0.298. The minimum Gasteiger partial charge on any atom is -0.310 e. The lowest BCUT2D eigenvalue weighted by molar-refractivity contribution is -0.138. The highest BCUT2D eigenvalue weighted by Gasteiger charge is 2.36. The van der Waals surface area contributed by atoms with Crippen molar-refractivity contribution in [2.45, 2.75) is 58.7 Å². The lowest BCUT2D eigenvalue weighted by Crippen LogP contribution is -2.30. The number of nitrogens with one attached hydrogen (secondary N) is 1. The van der Waals surface area contributed by atoms with Crippen molar-refractivity contribution >= 4 is 0 Å². The van der Waals surface area contributed by atoms with Crippen molar-refractivity contribution in [3.63, 3.8) is 0 Å². The Kier molecular flexibility index (Phi) is 7.15. The zero-order valence-electron chi connectivity index (χ0n) is 13.0. The first-order valence-corrected chi connectivity index (χ1v) is 7.70. The maximum absolute atomic E-state index is 13.2. The second-order valence-corrected chi connectivity index (χ2v) is 5.31. The van der Waals surface area contributed by atoms with Crippen molar-refractivity contribution in [1.82, 2.24) is 10.3 Å². The topological polar surface area (TPSA) is 24.9 Å². The third kappa shape index (κ3) is 4.99. The first kappa shape index (κ1) is 18.0. The van der Waals surface area contributed by atoms with Crippen molar-refractivity contribution in [2.24, 2.45) is 5.92 Å². The van der Waals surface area contributed by atoms with Crippen LogP contribution in [0.3, 0.4) is 0 Å². The van der Waals surface area contributed by atoms with Gasteiger partial charge in [-0.2, -0.15) is 13.2 Å². The van der Waals surface area contributed by atoms with E-state index < -0.39 is 11.7 Å². The standard InChI is InChI=1S/C16H25F3N2/c1-4-7-8-12(5-2)15(21-6-3)13-11-20-10-9-14(13)16(17,18)19/h9-12,15,21H,4-8H2,1-3H3. The summed E-state index contributed by atoms with van der Waals surface area (Å²) in [6.07, 6.45) is 2.10. The van der Waals surface area contributed by atoms with Gasteiger partial charge in [0.2, 0.25) is 0 Å². The monoisotopic (exact) mass is 302 g/mol. The molecule has 0 aliphatic carbocycles. The molecule has 120 valence electrons. The van der Waals surface area contributed by atoms with Gasteiger partial charge in [-0.05, 0) is 30.5 Å². The van der Waals surface area contributed by atoms with E-state index in [1.807, 2.05) is 13.8 Å². The van der Waals surface area contributed by atoms with Gasteiger partial charge in [0.15, 0.2) is 0 Å². The van der Waals surface area contributed by atoms with Gasteiger partial charge in [-0.25, -0.2) is 0 Å². The van der Waals surface area contributed by atoms with E-state index in [2.05, 4.69) is 17.2 Å². The Morgan fingerprint density at radius 3 is 2.48 bits per heavy atom. The van der Waals surface area contributed by atoms with Crippen LogP contribution < -0.4 is 5.32 Å². The summed E-state index contributed by atoms with van der Waals surface area (Å²) in [5, 5.41) is 3.23. The summed E-state index contributed by atoms with van der Waals surface area (Å²) < 4.78 is 39.6. The predicted molar refractivity (Wildman–Crippen MR) is 79.0 cm³/mol. The summed E-state index contributed by atoms with van der Waals surface area (Å²) in [6.45, 7) is 6.69. The van der Waals surface area contributed by atoms with Crippen molar-refractivity contribution in [3.8, 4) is 0 Å².